The van der Waals surface area contributed by atoms with Crippen LogP contribution in [0, 0.1) is 0 Å². The molecule has 3 rings (SSSR count). The van der Waals surface area contributed by atoms with Gasteiger partial charge in [0.1, 0.15) is 19.3 Å². The highest BCUT2D eigenvalue weighted by Gasteiger charge is 2.13. The molecular weight excluding hydrogens is 312 g/mol. The van der Waals surface area contributed by atoms with Crippen LogP contribution >= 0.6 is 0 Å². The summed E-state index contributed by atoms with van der Waals surface area (Å²) in [5, 5.41) is 24.0. The third kappa shape index (κ3) is 3.76. The van der Waals surface area contributed by atoms with Crippen molar-refractivity contribution in [3.63, 3.8) is 0 Å². The number of carbonyl (C=O) groups is 1. The molecule has 0 saturated heterocycles. The fraction of sp³-hybridized carbons (Fsp3) is 0.235. The maximum atomic E-state index is 12.1. The van der Waals surface area contributed by atoms with Crippen molar-refractivity contribution in [1.29, 1.82) is 0 Å². The van der Waals surface area contributed by atoms with Crippen molar-refractivity contribution in [2.45, 2.75) is 6.10 Å². The summed E-state index contributed by atoms with van der Waals surface area (Å²) in [5.74, 6) is 1.24. The van der Waals surface area contributed by atoms with E-state index in [2.05, 4.69) is 10.6 Å². The second kappa shape index (κ2) is 7.20. The normalized spacial score (nSPS) is 13.9. The van der Waals surface area contributed by atoms with Crippen LogP contribution in [0.4, 0.5) is 16.2 Å². The smallest absolute Gasteiger partial charge is 0.323 e. The molecule has 1 aliphatic heterocycles. The van der Waals surface area contributed by atoms with E-state index in [4.69, 9.17) is 14.6 Å². The summed E-state index contributed by atoms with van der Waals surface area (Å²) in [5.41, 5.74) is 1.60. The van der Waals surface area contributed by atoms with Crippen LogP contribution < -0.4 is 20.1 Å². The van der Waals surface area contributed by atoms with Crippen LogP contribution in [0.3, 0.4) is 0 Å². The number of fused-ring (bicyclic) bond motifs is 1. The van der Waals surface area contributed by atoms with Crippen molar-refractivity contribution >= 4 is 17.4 Å². The topological polar surface area (TPSA) is 100 Å². The van der Waals surface area contributed by atoms with Gasteiger partial charge in [-0.05, 0) is 29.8 Å². The number of hydrogen-bond acceptors (Lipinski definition) is 5. The molecule has 2 amide bonds. The molecule has 0 aromatic heterocycles. The predicted octanol–water partition coefficient (Wildman–Crippen LogP) is 2.13. The number of amides is 2. The minimum absolute atomic E-state index is 0.382. The number of urea groups is 1. The Morgan fingerprint density at radius 1 is 1.04 bits per heavy atom. The van der Waals surface area contributed by atoms with Crippen molar-refractivity contribution in [3.05, 3.63) is 48.0 Å². The summed E-state index contributed by atoms with van der Waals surface area (Å²) in [7, 11) is 0. The van der Waals surface area contributed by atoms with Gasteiger partial charge in [0.2, 0.25) is 0 Å². The number of benzene rings is 2. The zero-order valence-electron chi connectivity index (χ0n) is 12.9. The fourth-order valence-electron chi connectivity index (χ4n) is 2.34. The molecule has 24 heavy (non-hydrogen) atoms. The van der Waals surface area contributed by atoms with Gasteiger partial charge in [-0.2, -0.15) is 0 Å². The van der Waals surface area contributed by atoms with Crippen LogP contribution in [-0.4, -0.2) is 36.1 Å². The molecule has 4 N–H and O–H groups in total. The maximum Gasteiger partial charge on any atom is 0.323 e. The summed E-state index contributed by atoms with van der Waals surface area (Å²) in [6.45, 7) is 0.603. The molecule has 7 nitrogen and oxygen atoms in total. The lowest BCUT2D eigenvalue weighted by molar-refractivity contribution is 0.0956. The Morgan fingerprint density at radius 2 is 1.75 bits per heavy atom. The van der Waals surface area contributed by atoms with E-state index in [9.17, 15) is 9.90 Å². The molecule has 0 fully saturated rings. The first-order chi connectivity index (χ1) is 11.7. The Kier molecular flexibility index (Phi) is 4.83. The van der Waals surface area contributed by atoms with Crippen LogP contribution in [0.15, 0.2) is 42.5 Å². The standard InChI is InChI=1S/C17H18N2O5/c20-10-14(21)11-2-1-3-12(8-11)18-17(22)19-13-4-5-15-16(9-13)24-7-6-23-15/h1-5,8-9,14,20-21H,6-7,10H2,(H2,18,19,22). The Balaban J connectivity index is 1.65. The van der Waals surface area contributed by atoms with Gasteiger partial charge < -0.3 is 30.3 Å². The monoisotopic (exact) mass is 330 g/mol. The summed E-state index contributed by atoms with van der Waals surface area (Å²) in [6.07, 6.45) is -0.979. The number of carbonyl (C=O) groups excluding carboxylic acids is 1. The number of ether oxygens (including phenoxy) is 2. The van der Waals surface area contributed by atoms with E-state index < -0.39 is 12.1 Å². The van der Waals surface area contributed by atoms with Gasteiger partial charge in [0.05, 0.1) is 6.61 Å². The largest absolute Gasteiger partial charge is 0.486 e. The molecule has 0 aliphatic carbocycles. The Labute approximate surface area is 138 Å². The van der Waals surface area contributed by atoms with Crippen LogP contribution in [-0.2, 0) is 0 Å². The van der Waals surface area contributed by atoms with E-state index >= 15 is 0 Å². The van der Waals surface area contributed by atoms with E-state index in [0.717, 1.165) is 0 Å². The molecule has 0 radical (unpaired) electrons. The number of nitrogens with one attached hydrogen (secondary N) is 2. The number of anilines is 2. The van der Waals surface area contributed by atoms with Gasteiger partial charge in [-0.3, -0.25) is 0 Å². The molecule has 1 unspecified atom stereocenters. The minimum Gasteiger partial charge on any atom is -0.486 e. The lowest BCUT2D eigenvalue weighted by atomic mass is 10.1. The Bertz CT molecular complexity index is 735. The average Bonchev–Trinajstić information content (AvgIpc) is 2.61. The molecule has 126 valence electrons. The van der Waals surface area contributed by atoms with Gasteiger partial charge in [0.25, 0.3) is 0 Å². The quantitative estimate of drug-likeness (QED) is 0.688. The first-order valence-corrected chi connectivity index (χ1v) is 7.52. The van der Waals surface area contributed by atoms with E-state index in [1.165, 1.54) is 0 Å². The highest BCUT2D eigenvalue weighted by Crippen LogP contribution is 2.32. The molecule has 1 heterocycles. The van der Waals surface area contributed by atoms with Gasteiger partial charge in [-0.15, -0.1) is 0 Å². The summed E-state index contributed by atoms with van der Waals surface area (Å²) < 4.78 is 10.9. The number of rotatable bonds is 4. The van der Waals surface area contributed by atoms with Gasteiger partial charge >= 0.3 is 6.03 Å². The first kappa shape index (κ1) is 16.1. The van der Waals surface area contributed by atoms with Crippen molar-refractivity contribution in [2.75, 3.05) is 30.5 Å². The minimum atomic E-state index is -0.979. The lowest BCUT2D eigenvalue weighted by Gasteiger charge is -2.19. The second-order valence-electron chi connectivity index (χ2n) is 5.26. The number of aliphatic hydroxyl groups excluding tert-OH is 2. The zero-order chi connectivity index (χ0) is 16.9. The molecule has 1 atom stereocenters. The highest BCUT2D eigenvalue weighted by atomic mass is 16.6. The van der Waals surface area contributed by atoms with Crippen molar-refractivity contribution in [2.24, 2.45) is 0 Å². The van der Waals surface area contributed by atoms with Gasteiger partial charge in [0, 0.05) is 17.4 Å². The third-order valence-electron chi connectivity index (χ3n) is 3.50. The van der Waals surface area contributed by atoms with Crippen molar-refractivity contribution in [1.82, 2.24) is 0 Å². The lowest BCUT2D eigenvalue weighted by Crippen LogP contribution is -2.20. The third-order valence-corrected chi connectivity index (χ3v) is 3.50. The molecule has 1 aliphatic rings. The zero-order valence-corrected chi connectivity index (χ0v) is 12.9. The Hall–Kier alpha value is -2.77. The highest BCUT2D eigenvalue weighted by molar-refractivity contribution is 6.00. The first-order valence-electron chi connectivity index (χ1n) is 7.52. The summed E-state index contributed by atoms with van der Waals surface area (Å²) in [4.78, 5) is 12.1. The predicted molar refractivity (Wildman–Crippen MR) is 88.6 cm³/mol. The second-order valence-corrected chi connectivity index (χ2v) is 5.26. The molecule has 0 saturated carbocycles. The SMILES string of the molecule is O=C(Nc1cccc(C(O)CO)c1)Nc1ccc2c(c1)OCCO2. The summed E-state index contributed by atoms with van der Waals surface area (Å²) >= 11 is 0. The van der Waals surface area contributed by atoms with Crippen molar-refractivity contribution in [3.8, 4) is 11.5 Å². The van der Waals surface area contributed by atoms with E-state index in [-0.39, 0.29) is 6.61 Å². The number of aliphatic hydroxyl groups is 2. The maximum absolute atomic E-state index is 12.1. The van der Waals surface area contributed by atoms with E-state index in [1.54, 1.807) is 42.5 Å². The molecular formula is C17H18N2O5. The van der Waals surface area contributed by atoms with Crippen LogP contribution in [0.5, 0.6) is 11.5 Å². The van der Waals surface area contributed by atoms with Crippen LogP contribution in [0.1, 0.15) is 11.7 Å². The fourth-order valence-corrected chi connectivity index (χ4v) is 2.34. The van der Waals surface area contributed by atoms with Gasteiger partial charge in [0.15, 0.2) is 11.5 Å². The average molecular weight is 330 g/mol. The van der Waals surface area contributed by atoms with Gasteiger partial charge in [-0.1, -0.05) is 12.1 Å². The van der Waals surface area contributed by atoms with Crippen LogP contribution in [0.25, 0.3) is 0 Å². The summed E-state index contributed by atoms with van der Waals surface area (Å²) in [6, 6.07) is 11.4. The van der Waals surface area contributed by atoms with Crippen molar-refractivity contribution < 1.29 is 24.5 Å². The molecule has 2 aromatic carbocycles. The number of hydrogen-bond donors (Lipinski definition) is 4. The van der Waals surface area contributed by atoms with E-state index in [1.807, 2.05) is 0 Å². The Morgan fingerprint density at radius 3 is 2.50 bits per heavy atom. The molecule has 7 heteroatoms. The van der Waals surface area contributed by atoms with E-state index in [0.29, 0.717) is 41.7 Å². The van der Waals surface area contributed by atoms with Crippen LogP contribution in [0.2, 0.25) is 0 Å². The molecule has 0 spiro atoms. The van der Waals surface area contributed by atoms with Gasteiger partial charge in [-0.25, -0.2) is 4.79 Å². The molecule has 2 aromatic rings. The molecule has 0 bridgehead atoms.